The number of aromatic nitrogens is 1. The number of amides is 4. The van der Waals surface area contributed by atoms with Crippen LogP contribution in [0.15, 0.2) is 71.5 Å². The average molecular weight is 569 g/mol. The Kier molecular flexibility index (Phi) is 7.22. The molecule has 1 N–H and O–H groups in total. The number of hydrogen-bond donors (Lipinski definition) is 1. The Labute approximate surface area is 245 Å². The molecule has 218 valence electrons. The standard InChI is InChI=1S/C33H36N4O5/c1-21(2)24-9-7-22(8-10-24)16-33(20-35-17-23-15-25(19-35)28-5-4-6-29(38)36(28)18-23)30(39)34-32(41)37(31(33)40)26-11-13-27(42-3)14-12-26/h4-14,21,23,25H,15-20H2,1-3H3,(H,34,39,41)/t23-,25-,33+/m0/s1. The van der Waals surface area contributed by atoms with Crippen LogP contribution in [0.3, 0.4) is 0 Å². The summed E-state index contributed by atoms with van der Waals surface area (Å²) in [7, 11) is 1.55. The SMILES string of the molecule is COc1ccc(N2C(=O)NC(=O)[C@@](Cc3ccc(C(C)C)cc3)(CN3C[C@@H]4C[C@@H](C3)c3cccc(=O)n3C4)C2=O)cc1. The molecule has 0 radical (unpaired) electrons. The Morgan fingerprint density at radius 2 is 1.67 bits per heavy atom. The smallest absolute Gasteiger partial charge is 0.335 e. The number of methoxy groups -OCH3 is 1. The number of carbonyl (C=O) groups excluding carboxylic acids is 3. The lowest BCUT2D eigenvalue weighted by Gasteiger charge is -2.47. The van der Waals surface area contributed by atoms with Crippen LogP contribution in [-0.2, 0) is 22.6 Å². The fourth-order valence-electron chi connectivity index (χ4n) is 6.87. The molecule has 9 heteroatoms. The van der Waals surface area contributed by atoms with E-state index in [-0.39, 0.29) is 30.4 Å². The van der Waals surface area contributed by atoms with Crippen molar-refractivity contribution < 1.29 is 19.1 Å². The van der Waals surface area contributed by atoms with Gasteiger partial charge in [0.1, 0.15) is 11.2 Å². The van der Waals surface area contributed by atoms with E-state index in [1.165, 1.54) is 5.56 Å². The summed E-state index contributed by atoms with van der Waals surface area (Å²) in [5.41, 5.74) is 1.86. The van der Waals surface area contributed by atoms with Crippen LogP contribution >= 0.6 is 0 Å². The van der Waals surface area contributed by atoms with Gasteiger partial charge in [0.05, 0.1) is 12.8 Å². The van der Waals surface area contributed by atoms with E-state index in [1.807, 2.05) is 34.9 Å². The highest BCUT2D eigenvalue weighted by atomic mass is 16.5. The van der Waals surface area contributed by atoms with Crippen molar-refractivity contribution in [3.63, 3.8) is 0 Å². The number of fused-ring (bicyclic) bond motifs is 4. The number of nitrogens with zero attached hydrogens (tertiary/aromatic N) is 3. The van der Waals surface area contributed by atoms with E-state index in [0.717, 1.165) is 22.6 Å². The van der Waals surface area contributed by atoms with Crippen LogP contribution in [0.2, 0.25) is 0 Å². The minimum absolute atomic E-state index is 0.00690. The van der Waals surface area contributed by atoms with Gasteiger partial charge in [0.15, 0.2) is 0 Å². The van der Waals surface area contributed by atoms with Gasteiger partial charge in [-0.25, -0.2) is 9.69 Å². The molecule has 2 aromatic carbocycles. The second-order valence-corrected chi connectivity index (χ2v) is 12.1. The molecule has 0 unspecified atom stereocenters. The Bertz CT molecular complexity index is 1580. The van der Waals surface area contributed by atoms with E-state index in [4.69, 9.17) is 4.74 Å². The normalized spacial score (nSPS) is 24.0. The molecule has 9 nitrogen and oxygen atoms in total. The zero-order chi connectivity index (χ0) is 29.6. The maximum atomic E-state index is 14.5. The Balaban J connectivity index is 1.37. The van der Waals surface area contributed by atoms with Gasteiger partial charge in [-0.15, -0.1) is 0 Å². The molecule has 4 amide bonds. The van der Waals surface area contributed by atoms with Crippen molar-refractivity contribution in [2.75, 3.05) is 31.6 Å². The van der Waals surface area contributed by atoms with Crippen molar-refractivity contribution in [1.82, 2.24) is 14.8 Å². The van der Waals surface area contributed by atoms with Crippen molar-refractivity contribution in [3.8, 4) is 5.75 Å². The quantitative estimate of drug-likeness (QED) is 0.434. The summed E-state index contributed by atoms with van der Waals surface area (Å²) in [6, 6.07) is 19.3. The highest BCUT2D eigenvalue weighted by Gasteiger charge is 2.55. The minimum atomic E-state index is -1.53. The van der Waals surface area contributed by atoms with Gasteiger partial charge in [-0.05, 0) is 66.1 Å². The molecule has 3 atom stereocenters. The van der Waals surface area contributed by atoms with Crippen LogP contribution in [0, 0.1) is 11.3 Å². The van der Waals surface area contributed by atoms with Gasteiger partial charge in [0, 0.05) is 43.9 Å². The van der Waals surface area contributed by atoms with Gasteiger partial charge >= 0.3 is 6.03 Å². The zero-order valence-corrected chi connectivity index (χ0v) is 24.2. The number of hydrogen-bond acceptors (Lipinski definition) is 6. The molecule has 42 heavy (non-hydrogen) atoms. The van der Waals surface area contributed by atoms with Gasteiger partial charge in [-0.3, -0.25) is 19.7 Å². The van der Waals surface area contributed by atoms with Crippen molar-refractivity contribution >= 4 is 23.5 Å². The molecule has 3 aliphatic heterocycles. The third-order valence-corrected chi connectivity index (χ3v) is 9.00. The zero-order valence-electron chi connectivity index (χ0n) is 24.2. The summed E-state index contributed by atoms with van der Waals surface area (Å²) >= 11 is 0. The predicted octanol–water partition coefficient (Wildman–Crippen LogP) is 3.91. The van der Waals surface area contributed by atoms with E-state index in [0.29, 0.717) is 37.0 Å². The molecular weight excluding hydrogens is 532 g/mol. The Hall–Kier alpha value is -4.24. The third kappa shape index (κ3) is 4.91. The molecular formula is C33H36N4O5. The number of urea groups is 1. The van der Waals surface area contributed by atoms with E-state index >= 15 is 0 Å². The average Bonchev–Trinajstić information content (AvgIpc) is 2.97. The number of imide groups is 2. The fourth-order valence-corrected chi connectivity index (χ4v) is 6.87. The van der Waals surface area contributed by atoms with Crippen LogP contribution < -0.4 is 20.5 Å². The van der Waals surface area contributed by atoms with Crippen molar-refractivity contribution in [1.29, 1.82) is 0 Å². The summed E-state index contributed by atoms with van der Waals surface area (Å²) in [5.74, 6) is 0.160. The van der Waals surface area contributed by atoms with E-state index in [9.17, 15) is 19.2 Å². The largest absolute Gasteiger partial charge is 0.497 e. The molecule has 0 aliphatic carbocycles. The summed E-state index contributed by atoms with van der Waals surface area (Å²) in [5, 5.41) is 2.51. The molecule has 0 saturated carbocycles. The summed E-state index contributed by atoms with van der Waals surface area (Å²) in [4.78, 5) is 57.4. The summed E-state index contributed by atoms with van der Waals surface area (Å²) in [6.45, 7) is 6.28. The number of carbonyl (C=O) groups is 3. The molecule has 3 aliphatic rings. The number of nitrogens with one attached hydrogen (secondary N) is 1. The molecule has 2 saturated heterocycles. The molecule has 2 bridgehead atoms. The fraction of sp³-hybridized carbons (Fsp3) is 0.394. The van der Waals surface area contributed by atoms with Crippen LogP contribution in [0.4, 0.5) is 10.5 Å². The van der Waals surface area contributed by atoms with E-state index < -0.39 is 23.3 Å². The number of piperidine rings is 1. The van der Waals surface area contributed by atoms with Gasteiger partial charge in [-0.1, -0.05) is 44.2 Å². The van der Waals surface area contributed by atoms with E-state index in [2.05, 4.69) is 24.1 Å². The van der Waals surface area contributed by atoms with Crippen LogP contribution in [0.25, 0.3) is 0 Å². The second-order valence-electron chi connectivity index (χ2n) is 12.1. The molecule has 3 aromatic rings. The second kappa shape index (κ2) is 10.9. The van der Waals surface area contributed by atoms with Gasteiger partial charge < -0.3 is 14.2 Å². The number of rotatable bonds is 7. The Morgan fingerprint density at radius 3 is 2.36 bits per heavy atom. The van der Waals surface area contributed by atoms with Crippen LogP contribution in [-0.4, -0.2) is 54.1 Å². The number of ether oxygens (including phenoxy) is 1. The summed E-state index contributed by atoms with van der Waals surface area (Å²) in [6.07, 6.45) is 1.11. The van der Waals surface area contributed by atoms with Crippen LogP contribution in [0.1, 0.15) is 48.9 Å². The monoisotopic (exact) mass is 568 g/mol. The first-order valence-electron chi connectivity index (χ1n) is 14.5. The maximum Gasteiger partial charge on any atom is 0.335 e. The van der Waals surface area contributed by atoms with Crippen LogP contribution in [0.5, 0.6) is 5.75 Å². The highest BCUT2D eigenvalue weighted by molar-refractivity contribution is 6.30. The van der Waals surface area contributed by atoms with Crippen molar-refractivity contribution in [2.24, 2.45) is 11.3 Å². The topological polar surface area (TPSA) is 101 Å². The first kappa shape index (κ1) is 27.9. The van der Waals surface area contributed by atoms with Gasteiger partial charge in [-0.2, -0.15) is 0 Å². The molecule has 4 heterocycles. The molecule has 0 spiro atoms. The Morgan fingerprint density at radius 1 is 0.929 bits per heavy atom. The van der Waals surface area contributed by atoms with E-state index in [1.54, 1.807) is 43.5 Å². The van der Waals surface area contributed by atoms with Gasteiger partial charge in [0.2, 0.25) is 5.91 Å². The molecule has 1 aromatic heterocycles. The highest BCUT2D eigenvalue weighted by Crippen LogP contribution is 2.39. The lowest BCUT2D eigenvalue weighted by atomic mass is 9.75. The lowest BCUT2D eigenvalue weighted by Crippen LogP contribution is -2.68. The predicted molar refractivity (Wildman–Crippen MR) is 159 cm³/mol. The van der Waals surface area contributed by atoms with Crippen molar-refractivity contribution in [2.45, 2.75) is 45.1 Å². The number of likely N-dealkylation sites (tertiary alicyclic amines) is 1. The number of benzene rings is 2. The maximum absolute atomic E-state index is 14.5. The number of barbiturate groups is 1. The third-order valence-electron chi connectivity index (χ3n) is 9.00. The molecule has 2 fully saturated rings. The first-order chi connectivity index (χ1) is 20.2. The first-order valence-corrected chi connectivity index (χ1v) is 14.5. The van der Waals surface area contributed by atoms with Crippen molar-refractivity contribution in [3.05, 3.63) is 93.9 Å². The number of anilines is 1. The summed E-state index contributed by atoms with van der Waals surface area (Å²) < 4.78 is 7.12. The molecule has 6 rings (SSSR count). The van der Waals surface area contributed by atoms with Gasteiger partial charge in [0.25, 0.3) is 11.5 Å². The minimum Gasteiger partial charge on any atom is -0.497 e. The lowest BCUT2D eigenvalue weighted by molar-refractivity contribution is -0.144. The number of pyridine rings is 1.